The Morgan fingerprint density at radius 1 is 1.45 bits per heavy atom. The molecule has 1 aromatic rings. The summed E-state index contributed by atoms with van der Waals surface area (Å²) in [7, 11) is 0. The van der Waals surface area contributed by atoms with Crippen LogP contribution in [-0.4, -0.2) is 52.7 Å². The van der Waals surface area contributed by atoms with E-state index in [-0.39, 0.29) is 23.9 Å². The lowest BCUT2D eigenvalue weighted by Gasteiger charge is -2.32. The van der Waals surface area contributed by atoms with Crippen LogP contribution in [0, 0.1) is 5.82 Å². The molecule has 0 unspecified atom stereocenters. The molecule has 3 amide bonds. The molecule has 0 bridgehead atoms. The van der Waals surface area contributed by atoms with Gasteiger partial charge in [-0.05, 0) is 44.3 Å². The van der Waals surface area contributed by atoms with E-state index in [1.165, 1.54) is 23.1 Å². The highest BCUT2D eigenvalue weighted by molar-refractivity contribution is 7.80. The lowest BCUT2D eigenvalue weighted by Crippen LogP contribution is -2.60. The highest BCUT2D eigenvalue weighted by Crippen LogP contribution is 2.48. The van der Waals surface area contributed by atoms with Crippen molar-refractivity contribution < 1.29 is 28.2 Å². The first kappa shape index (κ1) is 19.3. The van der Waals surface area contributed by atoms with Crippen molar-refractivity contribution in [3.05, 3.63) is 42.2 Å². The van der Waals surface area contributed by atoms with Gasteiger partial charge in [-0.2, -0.15) is 0 Å². The summed E-state index contributed by atoms with van der Waals surface area (Å²) in [6.45, 7) is 7.08. The maximum atomic E-state index is 14.1. The number of imide groups is 1. The molecule has 2 atom stereocenters. The summed E-state index contributed by atoms with van der Waals surface area (Å²) in [4.78, 5) is 41.4. The van der Waals surface area contributed by atoms with Crippen molar-refractivity contribution in [2.75, 3.05) is 18.1 Å². The van der Waals surface area contributed by atoms with E-state index >= 15 is 0 Å². The van der Waals surface area contributed by atoms with Crippen LogP contribution in [0.25, 0.3) is 0 Å². The maximum Gasteiger partial charge on any atom is 0.417 e. The van der Waals surface area contributed by atoms with E-state index < -0.39 is 40.9 Å². The van der Waals surface area contributed by atoms with Gasteiger partial charge in [0.15, 0.2) is 6.04 Å². The first-order valence-corrected chi connectivity index (χ1v) is 9.27. The average Bonchev–Trinajstić information content (AvgIpc) is 3.22. The van der Waals surface area contributed by atoms with Crippen LogP contribution in [0.4, 0.5) is 14.9 Å². The lowest BCUT2D eigenvalue weighted by atomic mass is 9.86. The number of cyclic esters (lactones) is 1. The first-order valence-electron chi connectivity index (χ1n) is 8.86. The molecule has 0 aliphatic carbocycles. The van der Waals surface area contributed by atoms with Gasteiger partial charge in [-0.1, -0.05) is 6.08 Å². The molecular weight excluding hydrogens is 401 g/mol. The predicted molar refractivity (Wildman–Crippen MR) is 104 cm³/mol. The molecule has 1 spiro atoms. The number of nitrogens with one attached hydrogen (secondary N) is 1. The van der Waals surface area contributed by atoms with Gasteiger partial charge in [0.2, 0.25) is 5.60 Å². The fraction of sp³-hybridized carbons (Fsp3) is 0.368. The smallest absolute Gasteiger partial charge is 0.417 e. The number of anilines is 1. The summed E-state index contributed by atoms with van der Waals surface area (Å²) in [5, 5.41) is 2.49. The number of amides is 3. The van der Waals surface area contributed by atoms with Gasteiger partial charge in [-0.3, -0.25) is 9.59 Å². The predicted octanol–water partition coefficient (Wildman–Crippen LogP) is 1.58. The van der Waals surface area contributed by atoms with E-state index in [4.69, 9.17) is 21.7 Å². The van der Waals surface area contributed by atoms with Gasteiger partial charge in [0.05, 0.1) is 11.2 Å². The minimum Gasteiger partial charge on any atom is -0.447 e. The number of nitrogens with zero attached hydrogens (tertiary/aromatic N) is 2. The molecule has 10 heteroatoms. The van der Waals surface area contributed by atoms with Crippen molar-refractivity contribution >= 4 is 41.0 Å². The van der Waals surface area contributed by atoms with Gasteiger partial charge in [0, 0.05) is 12.1 Å². The van der Waals surface area contributed by atoms with Crippen LogP contribution in [0.5, 0.6) is 0 Å². The fourth-order valence-electron chi connectivity index (χ4n) is 3.98. The van der Waals surface area contributed by atoms with Crippen LogP contribution in [0.1, 0.15) is 19.4 Å². The molecule has 0 aromatic heterocycles. The summed E-state index contributed by atoms with van der Waals surface area (Å²) in [5.74, 6) is -1.96. The monoisotopic (exact) mass is 419 g/mol. The van der Waals surface area contributed by atoms with Gasteiger partial charge in [-0.15, -0.1) is 6.58 Å². The highest BCUT2D eigenvalue weighted by atomic mass is 32.1. The zero-order valence-electron chi connectivity index (χ0n) is 15.7. The third-order valence-corrected chi connectivity index (χ3v) is 5.45. The standard InChI is InChI=1S/C19H18FN3O5S/c1-4-7-22-12-6-5-10(20)8-11(12)19(15(22)25)13(21-16(29)28-19)14(24)23-17(26)27-9-18(23,2)3/h4-6,8,13H,1,7,9H2,2-3H3,(H,21,29)/t13-,19-/m0/s1. The molecule has 152 valence electrons. The zero-order valence-corrected chi connectivity index (χ0v) is 16.5. The molecule has 0 saturated carbocycles. The maximum absolute atomic E-state index is 14.1. The number of thiocarbonyl (C=S) groups is 1. The topological polar surface area (TPSA) is 88.2 Å². The fourth-order valence-corrected chi connectivity index (χ4v) is 4.23. The number of fused-ring (bicyclic) bond motifs is 2. The average molecular weight is 419 g/mol. The molecule has 3 aliphatic heterocycles. The van der Waals surface area contributed by atoms with Crippen LogP contribution < -0.4 is 10.2 Å². The van der Waals surface area contributed by atoms with Crippen molar-refractivity contribution in [2.24, 2.45) is 0 Å². The first-order chi connectivity index (χ1) is 13.6. The van der Waals surface area contributed by atoms with E-state index in [1.54, 1.807) is 13.8 Å². The Morgan fingerprint density at radius 3 is 2.79 bits per heavy atom. The third kappa shape index (κ3) is 2.55. The number of hydrogen-bond donors (Lipinski definition) is 1. The Balaban J connectivity index is 1.87. The van der Waals surface area contributed by atoms with Gasteiger partial charge in [-0.25, -0.2) is 14.1 Å². The number of benzene rings is 1. The summed E-state index contributed by atoms with van der Waals surface area (Å²) in [6.07, 6.45) is 0.672. The molecule has 8 nitrogen and oxygen atoms in total. The molecule has 3 heterocycles. The van der Waals surface area contributed by atoms with Crippen LogP contribution >= 0.6 is 12.2 Å². The van der Waals surface area contributed by atoms with Crippen LogP contribution in [-0.2, 0) is 24.7 Å². The molecule has 3 aliphatic rings. The number of carbonyl (C=O) groups is 3. The van der Waals surface area contributed by atoms with E-state index in [0.717, 1.165) is 11.0 Å². The molecule has 2 fully saturated rings. The molecule has 1 N–H and O–H groups in total. The number of halogens is 1. The van der Waals surface area contributed by atoms with E-state index in [9.17, 15) is 18.8 Å². The quantitative estimate of drug-likeness (QED) is 0.588. The lowest BCUT2D eigenvalue weighted by molar-refractivity contribution is -0.145. The number of ether oxygens (including phenoxy) is 2. The van der Waals surface area contributed by atoms with Crippen molar-refractivity contribution in [3.8, 4) is 0 Å². The van der Waals surface area contributed by atoms with E-state index in [0.29, 0.717) is 5.69 Å². The molecular formula is C19H18FN3O5S. The molecule has 0 radical (unpaired) electrons. The summed E-state index contributed by atoms with van der Waals surface area (Å²) in [5.41, 5.74) is -2.34. The van der Waals surface area contributed by atoms with Crippen molar-refractivity contribution in [1.82, 2.24) is 10.2 Å². The largest absolute Gasteiger partial charge is 0.447 e. The minimum atomic E-state index is -1.94. The zero-order chi connectivity index (χ0) is 21.1. The Kier molecular flexibility index (Phi) is 4.16. The van der Waals surface area contributed by atoms with Gasteiger partial charge in [0.1, 0.15) is 12.4 Å². The summed E-state index contributed by atoms with van der Waals surface area (Å²) < 4.78 is 24.8. The van der Waals surface area contributed by atoms with Crippen LogP contribution in [0.2, 0.25) is 0 Å². The summed E-state index contributed by atoms with van der Waals surface area (Å²) >= 11 is 5.10. The minimum absolute atomic E-state index is 0.00431. The Bertz CT molecular complexity index is 981. The number of rotatable bonds is 3. The van der Waals surface area contributed by atoms with E-state index in [1.807, 2.05) is 0 Å². The molecule has 29 heavy (non-hydrogen) atoms. The second-order valence-electron chi connectivity index (χ2n) is 7.61. The molecule has 1 aromatic carbocycles. The second kappa shape index (κ2) is 6.24. The second-order valence-corrected chi connectivity index (χ2v) is 7.98. The van der Waals surface area contributed by atoms with Gasteiger partial charge >= 0.3 is 6.09 Å². The van der Waals surface area contributed by atoms with E-state index in [2.05, 4.69) is 11.9 Å². The van der Waals surface area contributed by atoms with Gasteiger partial charge in [0.25, 0.3) is 17.0 Å². The molecule has 2 saturated heterocycles. The highest BCUT2D eigenvalue weighted by Gasteiger charge is 2.66. The van der Waals surface area contributed by atoms with Crippen LogP contribution in [0.3, 0.4) is 0 Å². The third-order valence-electron chi connectivity index (χ3n) is 5.25. The van der Waals surface area contributed by atoms with Gasteiger partial charge < -0.3 is 19.7 Å². The number of hydrogen-bond acceptors (Lipinski definition) is 6. The number of carbonyl (C=O) groups excluding carboxylic acids is 3. The Labute approximate surface area is 171 Å². The summed E-state index contributed by atoms with van der Waals surface area (Å²) in [6, 6.07) is 2.41. The van der Waals surface area contributed by atoms with Crippen LogP contribution in [0.15, 0.2) is 30.9 Å². The Hall–Kier alpha value is -3.01. The van der Waals surface area contributed by atoms with Crippen molar-refractivity contribution in [2.45, 2.75) is 31.0 Å². The SMILES string of the molecule is C=CCN1C(=O)[C@]2(OC(=S)N[C@H]2C(=O)N2C(=O)OCC2(C)C)c2cc(F)ccc21. The molecule has 4 rings (SSSR count). The normalized spacial score (nSPS) is 27.0. The van der Waals surface area contributed by atoms with Crippen molar-refractivity contribution in [3.63, 3.8) is 0 Å². The van der Waals surface area contributed by atoms with Crippen molar-refractivity contribution in [1.29, 1.82) is 0 Å². The Morgan fingerprint density at radius 2 is 2.17 bits per heavy atom.